The van der Waals surface area contributed by atoms with Crippen LogP contribution in [0.3, 0.4) is 0 Å². The number of carbonyl (C=O) groups excluding carboxylic acids is 1. The van der Waals surface area contributed by atoms with Crippen molar-refractivity contribution in [3.05, 3.63) is 65.7 Å². The maximum absolute atomic E-state index is 12.3. The van der Waals surface area contributed by atoms with Crippen molar-refractivity contribution in [2.75, 3.05) is 5.32 Å². The third kappa shape index (κ3) is 3.44. The van der Waals surface area contributed by atoms with Crippen LogP contribution in [0.25, 0.3) is 0 Å². The van der Waals surface area contributed by atoms with Crippen LogP contribution in [0.1, 0.15) is 21.7 Å². The van der Waals surface area contributed by atoms with E-state index in [2.05, 4.69) is 10.4 Å². The molecule has 7 nitrogen and oxygen atoms in total. The lowest BCUT2D eigenvalue weighted by atomic mass is 10.2. The Morgan fingerprint density at radius 2 is 2.29 bits per heavy atom. The highest BCUT2D eigenvalue weighted by Gasteiger charge is 2.17. The van der Waals surface area contributed by atoms with Crippen molar-refractivity contribution in [3.63, 3.8) is 0 Å². The van der Waals surface area contributed by atoms with Crippen molar-refractivity contribution in [1.82, 2.24) is 9.78 Å². The molecule has 0 unspecified atom stereocenters. The molecule has 0 saturated heterocycles. The molecule has 1 N–H and O–H groups in total. The zero-order valence-electron chi connectivity index (χ0n) is 12.9. The molecule has 0 radical (unpaired) electrons. The largest absolute Gasteiger partial charge is 0.489 e. The fraction of sp³-hybridized carbons (Fsp3) is 0.118. The summed E-state index contributed by atoms with van der Waals surface area (Å²) in [5, 5.41) is 15.6. The predicted molar refractivity (Wildman–Crippen MR) is 85.4 cm³/mol. The number of carbonyl (C=O) groups is 1. The van der Waals surface area contributed by atoms with E-state index in [0.29, 0.717) is 22.7 Å². The van der Waals surface area contributed by atoms with Crippen LogP contribution in [0.15, 0.2) is 53.3 Å². The van der Waals surface area contributed by atoms with Crippen LogP contribution in [-0.4, -0.2) is 15.7 Å². The average molecular weight is 322 g/mol. The summed E-state index contributed by atoms with van der Waals surface area (Å²) in [6.07, 6.45) is 3.15. The molecule has 1 amide bonds. The lowest BCUT2D eigenvalue weighted by molar-refractivity contribution is 0.0993. The van der Waals surface area contributed by atoms with Gasteiger partial charge < -0.3 is 14.5 Å². The van der Waals surface area contributed by atoms with Gasteiger partial charge in [-0.25, -0.2) is 0 Å². The molecule has 0 aliphatic carbocycles. The molecule has 1 aromatic carbocycles. The Labute approximate surface area is 138 Å². The molecule has 0 spiro atoms. The van der Waals surface area contributed by atoms with Gasteiger partial charge in [0.15, 0.2) is 11.6 Å². The molecule has 120 valence electrons. The molecule has 3 aromatic rings. The SMILES string of the molecule is Cn1ccc(NC(=O)c2occc2COc2cccc(C#N)c2)n1. The van der Waals surface area contributed by atoms with Crippen molar-refractivity contribution in [2.24, 2.45) is 7.05 Å². The van der Waals surface area contributed by atoms with E-state index in [-0.39, 0.29) is 12.4 Å². The molecule has 0 aliphatic rings. The zero-order valence-corrected chi connectivity index (χ0v) is 12.9. The molecule has 7 heteroatoms. The second kappa shape index (κ2) is 6.71. The average Bonchev–Trinajstić information content (AvgIpc) is 3.22. The third-order valence-corrected chi connectivity index (χ3v) is 3.27. The summed E-state index contributed by atoms with van der Waals surface area (Å²) in [5.41, 5.74) is 1.11. The summed E-state index contributed by atoms with van der Waals surface area (Å²) in [6.45, 7) is 0.149. The first kappa shape index (κ1) is 15.4. The first-order valence-corrected chi connectivity index (χ1v) is 7.16. The van der Waals surface area contributed by atoms with Crippen LogP contribution in [-0.2, 0) is 13.7 Å². The molecule has 2 heterocycles. The summed E-state index contributed by atoms with van der Waals surface area (Å²) in [7, 11) is 1.76. The Hall–Kier alpha value is -3.53. The van der Waals surface area contributed by atoms with E-state index in [1.54, 1.807) is 54.3 Å². The van der Waals surface area contributed by atoms with Gasteiger partial charge in [-0.05, 0) is 24.3 Å². The first-order chi connectivity index (χ1) is 11.7. The van der Waals surface area contributed by atoms with Gasteiger partial charge in [-0.2, -0.15) is 10.4 Å². The van der Waals surface area contributed by atoms with Crippen molar-refractivity contribution in [1.29, 1.82) is 5.26 Å². The molecule has 0 atom stereocenters. The fourth-order valence-electron chi connectivity index (χ4n) is 2.12. The van der Waals surface area contributed by atoms with Crippen molar-refractivity contribution in [3.8, 4) is 11.8 Å². The number of hydrogen-bond donors (Lipinski definition) is 1. The zero-order chi connectivity index (χ0) is 16.9. The first-order valence-electron chi connectivity index (χ1n) is 7.16. The number of nitrogens with zero attached hydrogens (tertiary/aromatic N) is 3. The maximum Gasteiger partial charge on any atom is 0.292 e. The third-order valence-electron chi connectivity index (χ3n) is 3.27. The highest BCUT2D eigenvalue weighted by atomic mass is 16.5. The number of aromatic nitrogens is 2. The number of ether oxygens (including phenoxy) is 1. The van der Waals surface area contributed by atoms with Gasteiger partial charge >= 0.3 is 0 Å². The quantitative estimate of drug-likeness (QED) is 0.779. The van der Waals surface area contributed by atoms with Crippen LogP contribution < -0.4 is 10.1 Å². The molecule has 0 saturated carbocycles. The topological polar surface area (TPSA) is 93.1 Å². The molecule has 0 bridgehead atoms. The standard InChI is InChI=1S/C17H14N4O3/c1-21-7-5-15(20-21)19-17(22)16-13(6-8-23-16)11-24-14-4-2-3-12(9-14)10-18/h2-9H,11H2,1H3,(H,19,20,22). The predicted octanol–water partition coefficient (Wildman–Crippen LogP) is 2.72. The number of rotatable bonds is 5. The van der Waals surface area contributed by atoms with Gasteiger partial charge in [-0.1, -0.05) is 6.07 Å². The molecule has 2 aromatic heterocycles. The Morgan fingerprint density at radius 1 is 1.42 bits per heavy atom. The van der Waals surface area contributed by atoms with Crippen LogP contribution in [0.4, 0.5) is 5.82 Å². The minimum Gasteiger partial charge on any atom is -0.489 e. The van der Waals surface area contributed by atoms with Crippen molar-refractivity contribution in [2.45, 2.75) is 6.61 Å². The Bertz CT molecular complexity index is 904. The number of amides is 1. The smallest absolute Gasteiger partial charge is 0.292 e. The van der Waals surface area contributed by atoms with Gasteiger partial charge in [0, 0.05) is 24.9 Å². The van der Waals surface area contributed by atoms with Gasteiger partial charge in [0.2, 0.25) is 0 Å². The summed E-state index contributed by atoms with van der Waals surface area (Å²) in [5.74, 6) is 0.749. The van der Waals surface area contributed by atoms with Crippen molar-refractivity contribution >= 4 is 11.7 Å². The summed E-state index contributed by atoms with van der Waals surface area (Å²) >= 11 is 0. The van der Waals surface area contributed by atoms with E-state index in [9.17, 15) is 4.79 Å². The van der Waals surface area contributed by atoms with Gasteiger partial charge in [0.05, 0.1) is 17.9 Å². The van der Waals surface area contributed by atoms with Gasteiger partial charge in [0.1, 0.15) is 12.4 Å². The van der Waals surface area contributed by atoms with Crippen LogP contribution >= 0.6 is 0 Å². The number of hydrogen-bond acceptors (Lipinski definition) is 5. The van der Waals surface area contributed by atoms with Crippen LogP contribution in [0, 0.1) is 11.3 Å². The number of nitrogens with one attached hydrogen (secondary N) is 1. The lowest BCUT2D eigenvalue weighted by Crippen LogP contribution is -2.14. The number of benzene rings is 1. The molecule has 3 rings (SSSR count). The lowest BCUT2D eigenvalue weighted by Gasteiger charge is -2.06. The van der Waals surface area contributed by atoms with Gasteiger partial charge in [-0.15, -0.1) is 0 Å². The summed E-state index contributed by atoms with van der Waals surface area (Å²) in [4.78, 5) is 12.3. The van der Waals surface area contributed by atoms with Crippen molar-refractivity contribution < 1.29 is 13.9 Å². The van der Waals surface area contributed by atoms with E-state index in [4.69, 9.17) is 14.4 Å². The Kier molecular flexibility index (Phi) is 4.29. The van der Waals surface area contributed by atoms with E-state index < -0.39 is 5.91 Å². The molecular formula is C17H14N4O3. The Balaban J connectivity index is 1.68. The number of nitriles is 1. The van der Waals surface area contributed by atoms with Crippen LogP contribution in [0.2, 0.25) is 0 Å². The Morgan fingerprint density at radius 3 is 3.04 bits per heavy atom. The molecule has 0 fully saturated rings. The highest BCUT2D eigenvalue weighted by Crippen LogP contribution is 2.18. The number of aryl methyl sites for hydroxylation is 1. The summed E-state index contributed by atoms with van der Waals surface area (Å²) < 4.78 is 12.5. The second-order valence-corrected chi connectivity index (χ2v) is 5.03. The highest BCUT2D eigenvalue weighted by molar-refractivity contribution is 6.02. The monoisotopic (exact) mass is 322 g/mol. The normalized spacial score (nSPS) is 10.2. The molecule has 24 heavy (non-hydrogen) atoms. The minimum absolute atomic E-state index is 0.149. The van der Waals surface area contributed by atoms with E-state index in [0.717, 1.165) is 0 Å². The second-order valence-electron chi connectivity index (χ2n) is 5.03. The fourth-order valence-corrected chi connectivity index (χ4v) is 2.12. The van der Waals surface area contributed by atoms with Crippen LogP contribution in [0.5, 0.6) is 5.75 Å². The van der Waals surface area contributed by atoms with E-state index in [1.165, 1.54) is 6.26 Å². The minimum atomic E-state index is -0.400. The van der Waals surface area contributed by atoms with Gasteiger partial charge in [-0.3, -0.25) is 9.48 Å². The molecular weight excluding hydrogens is 308 g/mol. The summed E-state index contributed by atoms with van der Waals surface area (Å²) in [6, 6.07) is 12.2. The maximum atomic E-state index is 12.3. The van der Waals surface area contributed by atoms with E-state index in [1.807, 2.05) is 6.07 Å². The van der Waals surface area contributed by atoms with Gasteiger partial charge in [0.25, 0.3) is 5.91 Å². The van der Waals surface area contributed by atoms with E-state index >= 15 is 0 Å². The number of anilines is 1. The molecule has 0 aliphatic heterocycles. The number of furan rings is 1.